The van der Waals surface area contributed by atoms with Crippen molar-refractivity contribution in [3.8, 4) is 0 Å². The van der Waals surface area contributed by atoms with E-state index in [-0.39, 0.29) is 18.4 Å². The summed E-state index contributed by atoms with van der Waals surface area (Å²) >= 11 is 0. The van der Waals surface area contributed by atoms with E-state index in [9.17, 15) is 18.4 Å². The number of hydrogen-bond acceptors (Lipinski definition) is 3. The van der Waals surface area contributed by atoms with E-state index < -0.39 is 11.6 Å². The van der Waals surface area contributed by atoms with Crippen molar-refractivity contribution < 1.29 is 18.4 Å². The summed E-state index contributed by atoms with van der Waals surface area (Å²) in [6.07, 6.45) is 0.649. The van der Waals surface area contributed by atoms with Crippen LogP contribution < -0.4 is 4.90 Å². The summed E-state index contributed by atoms with van der Waals surface area (Å²) in [5, 5.41) is 0. The molecule has 3 aromatic rings. The second-order valence-corrected chi connectivity index (χ2v) is 9.22. The zero-order valence-electron chi connectivity index (χ0n) is 20.7. The van der Waals surface area contributed by atoms with Crippen LogP contribution in [-0.4, -0.2) is 47.8 Å². The van der Waals surface area contributed by atoms with Crippen molar-refractivity contribution in [1.82, 2.24) is 9.80 Å². The van der Waals surface area contributed by atoms with E-state index in [0.29, 0.717) is 56.0 Å². The monoisotopic (exact) mass is 491 g/mol. The Morgan fingerprint density at radius 3 is 2.28 bits per heavy atom. The largest absolute Gasteiger partial charge is 0.333 e. The number of fused-ring (bicyclic) bond motifs is 1. The molecule has 0 bridgehead atoms. The van der Waals surface area contributed by atoms with Gasteiger partial charge in [-0.2, -0.15) is 0 Å². The molecule has 1 heterocycles. The molecule has 0 spiro atoms. The number of anilines is 1. The van der Waals surface area contributed by atoms with Crippen LogP contribution in [0.3, 0.4) is 0 Å². The third-order valence-corrected chi connectivity index (χ3v) is 6.61. The standard InChI is InChI=1S/C29H31F2N3O2/c1-21-9-6-7-12-25(21)29(36)33-16-15-32(19-23-10-4-3-5-11-23)13-8-14-34(22(2)35)28-18-27(31)26(30)17-24(28)20-33/h3-7,9-12,17-18H,8,13-16,19-20H2,1-2H3. The summed E-state index contributed by atoms with van der Waals surface area (Å²) in [5.41, 5.74) is 3.27. The molecule has 7 heteroatoms. The number of nitrogens with zero attached hydrogens (tertiary/aromatic N) is 3. The molecule has 0 saturated carbocycles. The number of rotatable bonds is 3. The van der Waals surface area contributed by atoms with E-state index in [4.69, 9.17) is 0 Å². The maximum Gasteiger partial charge on any atom is 0.254 e. The van der Waals surface area contributed by atoms with Crippen LogP contribution in [0.15, 0.2) is 66.7 Å². The molecule has 0 atom stereocenters. The van der Waals surface area contributed by atoms with Gasteiger partial charge in [-0.1, -0.05) is 48.5 Å². The van der Waals surface area contributed by atoms with E-state index >= 15 is 0 Å². The lowest BCUT2D eigenvalue weighted by Crippen LogP contribution is -2.38. The van der Waals surface area contributed by atoms with E-state index in [2.05, 4.69) is 17.0 Å². The molecule has 0 aliphatic carbocycles. The normalized spacial score (nSPS) is 15.2. The van der Waals surface area contributed by atoms with Crippen LogP contribution in [-0.2, 0) is 17.9 Å². The molecule has 5 nitrogen and oxygen atoms in total. The van der Waals surface area contributed by atoms with Crippen LogP contribution in [0.1, 0.15) is 40.4 Å². The van der Waals surface area contributed by atoms with Gasteiger partial charge in [0.1, 0.15) is 0 Å². The molecule has 0 saturated heterocycles. The van der Waals surface area contributed by atoms with Crippen LogP contribution in [0.5, 0.6) is 0 Å². The summed E-state index contributed by atoms with van der Waals surface area (Å²) in [4.78, 5) is 31.7. The summed E-state index contributed by atoms with van der Waals surface area (Å²) in [7, 11) is 0. The molecule has 1 aliphatic heterocycles. The number of carbonyl (C=O) groups excluding carboxylic acids is 2. The van der Waals surface area contributed by atoms with Crippen LogP contribution in [0.4, 0.5) is 14.5 Å². The second-order valence-electron chi connectivity index (χ2n) is 9.22. The molecular formula is C29H31F2N3O2. The third-order valence-electron chi connectivity index (χ3n) is 6.61. The first kappa shape index (κ1) is 25.5. The van der Waals surface area contributed by atoms with Crippen LogP contribution in [0.2, 0.25) is 0 Å². The SMILES string of the molecule is CC(=O)N1CCCN(Cc2ccccc2)CCN(C(=O)c2ccccc2C)Cc2cc(F)c(F)cc21. The zero-order valence-corrected chi connectivity index (χ0v) is 20.7. The molecule has 0 N–H and O–H groups in total. The van der Waals surface area contributed by atoms with E-state index in [0.717, 1.165) is 23.3 Å². The fourth-order valence-corrected chi connectivity index (χ4v) is 4.67. The number of benzene rings is 3. The first-order valence-electron chi connectivity index (χ1n) is 12.2. The maximum atomic E-state index is 14.4. The van der Waals surface area contributed by atoms with Gasteiger partial charge in [-0.05, 0) is 42.2 Å². The lowest BCUT2D eigenvalue weighted by molar-refractivity contribution is -0.116. The van der Waals surface area contributed by atoms with Gasteiger partial charge in [0, 0.05) is 57.8 Å². The average molecular weight is 492 g/mol. The minimum atomic E-state index is -1.02. The molecule has 0 aromatic heterocycles. The summed E-state index contributed by atoms with van der Waals surface area (Å²) in [6, 6.07) is 19.6. The Morgan fingerprint density at radius 1 is 0.861 bits per heavy atom. The molecule has 1 aliphatic rings. The number of halogens is 2. The van der Waals surface area contributed by atoms with Crippen LogP contribution in [0.25, 0.3) is 0 Å². The molecule has 0 radical (unpaired) electrons. The maximum absolute atomic E-state index is 14.4. The van der Waals surface area contributed by atoms with Crippen molar-refractivity contribution in [2.24, 2.45) is 0 Å². The van der Waals surface area contributed by atoms with Crippen LogP contribution >= 0.6 is 0 Å². The predicted molar refractivity (Wildman–Crippen MR) is 137 cm³/mol. The van der Waals surface area contributed by atoms with Gasteiger partial charge in [0.2, 0.25) is 5.91 Å². The average Bonchev–Trinajstić information content (AvgIpc) is 2.89. The molecule has 0 fully saturated rings. The van der Waals surface area contributed by atoms with Crippen molar-refractivity contribution in [1.29, 1.82) is 0 Å². The van der Waals surface area contributed by atoms with Gasteiger partial charge in [-0.3, -0.25) is 14.5 Å². The number of hydrogen-bond donors (Lipinski definition) is 0. The molecule has 2 amide bonds. The lowest BCUT2D eigenvalue weighted by Gasteiger charge is -2.28. The number of amides is 2. The first-order chi connectivity index (χ1) is 17.3. The smallest absolute Gasteiger partial charge is 0.254 e. The molecule has 36 heavy (non-hydrogen) atoms. The molecule has 188 valence electrons. The summed E-state index contributed by atoms with van der Waals surface area (Å²) in [6.45, 7) is 6.11. The van der Waals surface area contributed by atoms with Gasteiger partial charge in [0.15, 0.2) is 11.6 Å². The second kappa shape index (κ2) is 11.4. The van der Waals surface area contributed by atoms with Crippen LogP contribution in [0, 0.1) is 18.6 Å². The van der Waals surface area contributed by atoms with Crippen molar-refractivity contribution >= 4 is 17.5 Å². The van der Waals surface area contributed by atoms with E-state index in [1.165, 1.54) is 11.8 Å². The quantitative estimate of drug-likeness (QED) is 0.508. The fourth-order valence-electron chi connectivity index (χ4n) is 4.67. The topological polar surface area (TPSA) is 43.9 Å². The van der Waals surface area contributed by atoms with Crippen molar-refractivity contribution in [2.45, 2.75) is 33.4 Å². The van der Waals surface area contributed by atoms with Gasteiger partial charge in [-0.15, -0.1) is 0 Å². The highest BCUT2D eigenvalue weighted by molar-refractivity contribution is 5.96. The Bertz CT molecular complexity index is 1230. The van der Waals surface area contributed by atoms with Gasteiger partial charge >= 0.3 is 0 Å². The highest BCUT2D eigenvalue weighted by Crippen LogP contribution is 2.28. The van der Waals surface area contributed by atoms with Gasteiger partial charge in [-0.25, -0.2) is 8.78 Å². The Labute approximate surface area is 210 Å². The summed E-state index contributed by atoms with van der Waals surface area (Å²) in [5.74, 6) is -2.46. The Morgan fingerprint density at radius 2 is 1.56 bits per heavy atom. The Balaban J connectivity index is 1.73. The zero-order chi connectivity index (χ0) is 25.7. The Hall–Kier alpha value is -3.58. The molecule has 0 unspecified atom stereocenters. The number of aryl methyl sites for hydroxylation is 1. The highest BCUT2D eigenvalue weighted by atomic mass is 19.2. The van der Waals surface area contributed by atoms with Gasteiger partial charge in [0.05, 0.1) is 5.69 Å². The minimum Gasteiger partial charge on any atom is -0.333 e. The molecule has 3 aromatic carbocycles. The predicted octanol–water partition coefficient (Wildman–Crippen LogP) is 5.17. The molecular weight excluding hydrogens is 460 g/mol. The van der Waals surface area contributed by atoms with Crippen molar-refractivity contribution in [3.63, 3.8) is 0 Å². The first-order valence-corrected chi connectivity index (χ1v) is 12.2. The lowest BCUT2D eigenvalue weighted by atomic mass is 10.1. The highest BCUT2D eigenvalue weighted by Gasteiger charge is 2.25. The summed E-state index contributed by atoms with van der Waals surface area (Å²) < 4.78 is 28.7. The number of carbonyl (C=O) groups is 2. The van der Waals surface area contributed by atoms with Crippen molar-refractivity contribution in [2.75, 3.05) is 31.1 Å². The Kier molecular flexibility index (Phi) is 8.10. The minimum absolute atomic E-state index is 0.0582. The third kappa shape index (κ3) is 5.97. The van der Waals surface area contributed by atoms with Crippen molar-refractivity contribution in [3.05, 3.63) is 101 Å². The van der Waals surface area contributed by atoms with E-state index in [1.54, 1.807) is 11.0 Å². The van der Waals surface area contributed by atoms with Gasteiger partial charge in [0.25, 0.3) is 5.91 Å². The van der Waals surface area contributed by atoms with E-state index in [1.807, 2.05) is 43.3 Å². The molecule has 4 rings (SSSR count). The van der Waals surface area contributed by atoms with Gasteiger partial charge < -0.3 is 9.80 Å². The fraction of sp³-hybridized carbons (Fsp3) is 0.310.